The summed E-state index contributed by atoms with van der Waals surface area (Å²) in [6.45, 7) is 8.51. The highest BCUT2D eigenvalue weighted by Crippen LogP contribution is 2.41. The second-order valence-electron chi connectivity index (χ2n) is 5.21. The quantitative estimate of drug-likeness (QED) is 0.787. The standard InChI is InChI=1S/C14H21NO/c1-5-14(4)8-11(15)13-10(3)6-9(2)7-12(13)16-14/h6-7,11H,5,8,15H2,1-4H3. The number of benzene rings is 1. The van der Waals surface area contributed by atoms with Crippen LogP contribution in [0, 0.1) is 13.8 Å². The molecule has 0 amide bonds. The zero-order chi connectivity index (χ0) is 11.9. The lowest BCUT2D eigenvalue weighted by atomic mass is 9.85. The largest absolute Gasteiger partial charge is 0.487 e. The van der Waals surface area contributed by atoms with E-state index in [1.165, 1.54) is 16.7 Å². The Morgan fingerprint density at radius 1 is 1.44 bits per heavy atom. The van der Waals surface area contributed by atoms with Gasteiger partial charge < -0.3 is 10.5 Å². The molecule has 2 heteroatoms. The second-order valence-corrected chi connectivity index (χ2v) is 5.21. The monoisotopic (exact) mass is 219 g/mol. The van der Waals surface area contributed by atoms with Crippen LogP contribution in [0.15, 0.2) is 12.1 Å². The molecule has 0 aromatic heterocycles. The van der Waals surface area contributed by atoms with Gasteiger partial charge >= 0.3 is 0 Å². The number of ether oxygens (including phenoxy) is 1. The first-order valence-electron chi connectivity index (χ1n) is 6.01. The summed E-state index contributed by atoms with van der Waals surface area (Å²) in [6, 6.07) is 4.39. The molecule has 2 rings (SSSR count). The van der Waals surface area contributed by atoms with Crippen LogP contribution >= 0.6 is 0 Å². The van der Waals surface area contributed by atoms with Crippen molar-refractivity contribution in [3.63, 3.8) is 0 Å². The number of rotatable bonds is 1. The molecule has 1 aliphatic heterocycles. The highest BCUT2D eigenvalue weighted by atomic mass is 16.5. The van der Waals surface area contributed by atoms with E-state index in [0.717, 1.165) is 18.6 Å². The van der Waals surface area contributed by atoms with Crippen LogP contribution in [0.2, 0.25) is 0 Å². The summed E-state index contributed by atoms with van der Waals surface area (Å²) in [6.07, 6.45) is 1.90. The van der Waals surface area contributed by atoms with E-state index in [1.807, 2.05) is 0 Å². The number of aryl methyl sites for hydroxylation is 2. The van der Waals surface area contributed by atoms with Gasteiger partial charge in [-0.2, -0.15) is 0 Å². The Hall–Kier alpha value is -1.02. The molecule has 0 radical (unpaired) electrons. The molecule has 0 aliphatic carbocycles. The van der Waals surface area contributed by atoms with Gasteiger partial charge in [-0.3, -0.25) is 0 Å². The molecular weight excluding hydrogens is 198 g/mol. The fourth-order valence-electron chi connectivity index (χ4n) is 2.59. The number of hydrogen-bond acceptors (Lipinski definition) is 2. The lowest BCUT2D eigenvalue weighted by Gasteiger charge is -2.39. The molecule has 0 saturated heterocycles. The first-order valence-corrected chi connectivity index (χ1v) is 6.01. The molecule has 1 heterocycles. The first-order chi connectivity index (χ1) is 7.45. The second kappa shape index (κ2) is 3.77. The van der Waals surface area contributed by atoms with Crippen LogP contribution in [0.3, 0.4) is 0 Å². The van der Waals surface area contributed by atoms with E-state index in [9.17, 15) is 0 Å². The fraction of sp³-hybridized carbons (Fsp3) is 0.571. The Kier molecular flexibility index (Phi) is 2.70. The molecule has 0 bridgehead atoms. The van der Waals surface area contributed by atoms with Crippen LogP contribution in [0.5, 0.6) is 5.75 Å². The predicted octanol–water partition coefficient (Wildman–Crippen LogP) is 3.25. The maximum absolute atomic E-state index is 6.27. The summed E-state index contributed by atoms with van der Waals surface area (Å²) < 4.78 is 6.12. The molecule has 2 nitrogen and oxygen atoms in total. The predicted molar refractivity (Wildman–Crippen MR) is 66.8 cm³/mol. The summed E-state index contributed by atoms with van der Waals surface area (Å²) in [4.78, 5) is 0. The van der Waals surface area contributed by atoms with Crippen LogP contribution in [-0.2, 0) is 0 Å². The van der Waals surface area contributed by atoms with Gasteiger partial charge in [0.05, 0.1) is 0 Å². The van der Waals surface area contributed by atoms with Gasteiger partial charge in [-0.25, -0.2) is 0 Å². The van der Waals surface area contributed by atoms with E-state index in [4.69, 9.17) is 10.5 Å². The van der Waals surface area contributed by atoms with Crippen LogP contribution < -0.4 is 10.5 Å². The van der Waals surface area contributed by atoms with Gasteiger partial charge in [-0.1, -0.05) is 13.0 Å². The molecule has 16 heavy (non-hydrogen) atoms. The van der Waals surface area contributed by atoms with Gasteiger partial charge in [-0.15, -0.1) is 0 Å². The average Bonchev–Trinajstić information content (AvgIpc) is 2.15. The van der Waals surface area contributed by atoms with Crippen LogP contribution in [0.25, 0.3) is 0 Å². The van der Waals surface area contributed by atoms with Crippen molar-refractivity contribution in [3.05, 3.63) is 28.8 Å². The number of hydrogen-bond donors (Lipinski definition) is 1. The Morgan fingerprint density at radius 3 is 2.75 bits per heavy atom. The van der Waals surface area contributed by atoms with Crippen LogP contribution in [-0.4, -0.2) is 5.60 Å². The fourth-order valence-corrected chi connectivity index (χ4v) is 2.59. The van der Waals surface area contributed by atoms with Crippen molar-refractivity contribution in [2.24, 2.45) is 5.73 Å². The maximum Gasteiger partial charge on any atom is 0.125 e. The summed E-state index contributed by atoms with van der Waals surface area (Å²) in [5.74, 6) is 0.987. The van der Waals surface area contributed by atoms with Crippen molar-refractivity contribution < 1.29 is 4.74 Å². The molecule has 2 unspecified atom stereocenters. The zero-order valence-electron chi connectivity index (χ0n) is 10.6. The van der Waals surface area contributed by atoms with Gasteiger partial charge in [0.25, 0.3) is 0 Å². The van der Waals surface area contributed by atoms with E-state index in [1.54, 1.807) is 0 Å². The van der Waals surface area contributed by atoms with Crippen molar-refractivity contribution in [2.75, 3.05) is 0 Å². The molecule has 1 aliphatic rings. The van der Waals surface area contributed by atoms with E-state index in [-0.39, 0.29) is 11.6 Å². The number of fused-ring (bicyclic) bond motifs is 1. The summed E-state index contributed by atoms with van der Waals surface area (Å²) in [7, 11) is 0. The molecule has 2 atom stereocenters. The molecule has 0 fully saturated rings. The topological polar surface area (TPSA) is 35.2 Å². The molecule has 0 spiro atoms. The molecule has 88 valence electrons. The Bertz CT molecular complexity index is 413. The van der Waals surface area contributed by atoms with E-state index >= 15 is 0 Å². The molecule has 1 aromatic rings. The third-order valence-electron chi connectivity index (χ3n) is 3.62. The third-order valence-corrected chi connectivity index (χ3v) is 3.62. The van der Waals surface area contributed by atoms with Crippen LogP contribution in [0.4, 0.5) is 0 Å². The van der Waals surface area contributed by atoms with Gasteiger partial charge in [0.2, 0.25) is 0 Å². The Labute approximate surface area is 97.8 Å². The van der Waals surface area contributed by atoms with Crippen LogP contribution in [0.1, 0.15) is 49.4 Å². The lowest BCUT2D eigenvalue weighted by Crippen LogP contribution is -2.40. The van der Waals surface area contributed by atoms with Gasteiger partial charge in [-0.05, 0) is 44.4 Å². The third kappa shape index (κ3) is 1.82. The molecule has 0 saturated carbocycles. The minimum Gasteiger partial charge on any atom is -0.487 e. The minimum absolute atomic E-state index is 0.105. The lowest BCUT2D eigenvalue weighted by molar-refractivity contribution is 0.0500. The van der Waals surface area contributed by atoms with Gasteiger partial charge in [0.1, 0.15) is 11.4 Å². The van der Waals surface area contributed by atoms with Gasteiger partial charge in [0, 0.05) is 18.0 Å². The van der Waals surface area contributed by atoms with Crippen molar-refractivity contribution in [3.8, 4) is 5.75 Å². The van der Waals surface area contributed by atoms with Gasteiger partial charge in [0.15, 0.2) is 0 Å². The normalized spacial score (nSPS) is 28.4. The number of nitrogens with two attached hydrogens (primary N) is 1. The summed E-state index contributed by atoms with van der Waals surface area (Å²) in [5, 5.41) is 0. The van der Waals surface area contributed by atoms with Crippen molar-refractivity contribution >= 4 is 0 Å². The molecule has 2 N–H and O–H groups in total. The maximum atomic E-state index is 6.27. The molecule has 1 aromatic carbocycles. The average molecular weight is 219 g/mol. The summed E-state index contributed by atoms with van der Waals surface area (Å²) in [5.41, 5.74) is 9.85. The Morgan fingerprint density at radius 2 is 2.12 bits per heavy atom. The van der Waals surface area contributed by atoms with Crippen molar-refractivity contribution in [1.82, 2.24) is 0 Å². The van der Waals surface area contributed by atoms with E-state index < -0.39 is 0 Å². The highest BCUT2D eigenvalue weighted by molar-refractivity contribution is 5.46. The highest BCUT2D eigenvalue weighted by Gasteiger charge is 2.35. The zero-order valence-corrected chi connectivity index (χ0v) is 10.6. The van der Waals surface area contributed by atoms with E-state index in [2.05, 4.69) is 39.8 Å². The Balaban J connectivity index is 2.50. The van der Waals surface area contributed by atoms with Crippen molar-refractivity contribution in [1.29, 1.82) is 0 Å². The SMILES string of the molecule is CCC1(C)CC(N)c2c(C)cc(C)cc2O1. The summed E-state index contributed by atoms with van der Waals surface area (Å²) >= 11 is 0. The minimum atomic E-state index is -0.105. The first kappa shape index (κ1) is 11.5. The van der Waals surface area contributed by atoms with Crippen molar-refractivity contribution in [2.45, 2.75) is 52.2 Å². The smallest absolute Gasteiger partial charge is 0.125 e. The molecular formula is C14H21NO. The van der Waals surface area contributed by atoms with E-state index in [0.29, 0.717) is 0 Å².